The summed E-state index contributed by atoms with van der Waals surface area (Å²) in [4.78, 5) is 14.3. The molecule has 0 aliphatic rings. The van der Waals surface area contributed by atoms with Crippen molar-refractivity contribution in [2.24, 2.45) is 10.2 Å². The van der Waals surface area contributed by atoms with E-state index in [1.165, 1.54) is 24.9 Å². The van der Waals surface area contributed by atoms with Gasteiger partial charge in [-0.15, -0.1) is 0 Å². The molecule has 0 amide bonds. The minimum absolute atomic E-state index is 0.294. The second-order valence-electron chi connectivity index (χ2n) is 7.04. The zero-order chi connectivity index (χ0) is 20.9. The first kappa shape index (κ1) is 22.6. The van der Waals surface area contributed by atoms with E-state index in [9.17, 15) is 4.79 Å². The molecule has 5 nitrogen and oxygen atoms in total. The zero-order valence-electron chi connectivity index (χ0n) is 17.9. The number of hydrogen-bond donors (Lipinski definition) is 0. The maximum atomic E-state index is 11.9. The highest BCUT2D eigenvalue weighted by molar-refractivity contribution is 5.89. The molecule has 0 spiro atoms. The van der Waals surface area contributed by atoms with Crippen LogP contribution in [0.2, 0.25) is 0 Å². The Balaban J connectivity index is 1.93. The van der Waals surface area contributed by atoms with Gasteiger partial charge in [-0.3, -0.25) is 0 Å². The predicted octanol–water partition coefficient (Wildman–Crippen LogP) is 7.08. The molecule has 0 saturated heterocycles. The summed E-state index contributed by atoms with van der Waals surface area (Å²) in [5, 5.41) is 8.57. The maximum absolute atomic E-state index is 11.9. The van der Waals surface area contributed by atoms with Gasteiger partial charge in [0.1, 0.15) is 0 Å². The molecule has 2 rings (SSSR count). The molecule has 0 aliphatic heterocycles. The highest BCUT2D eigenvalue weighted by Gasteiger charge is 2.06. The quantitative estimate of drug-likeness (QED) is 0.219. The summed E-state index contributed by atoms with van der Waals surface area (Å²) < 4.78 is 5.21. The van der Waals surface area contributed by atoms with Gasteiger partial charge in [-0.1, -0.05) is 33.1 Å². The number of nitrogens with zero attached hydrogens (tertiary/aromatic N) is 3. The van der Waals surface area contributed by atoms with Crippen LogP contribution in [0, 0.1) is 0 Å². The Labute approximate surface area is 174 Å². The van der Waals surface area contributed by atoms with Crippen molar-refractivity contribution in [2.75, 3.05) is 24.6 Å². The third kappa shape index (κ3) is 7.68. The molecule has 2 aromatic rings. The Hall–Kier alpha value is -2.69. The van der Waals surface area contributed by atoms with Gasteiger partial charge < -0.3 is 9.64 Å². The molecule has 0 fully saturated rings. The van der Waals surface area contributed by atoms with E-state index in [0.717, 1.165) is 31.6 Å². The van der Waals surface area contributed by atoms with Crippen molar-refractivity contribution in [3.8, 4) is 0 Å². The van der Waals surface area contributed by atoms with Crippen LogP contribution in [0.4, 0.5) is 17.1 Å². The monoisotopic (exact) mass is 395 g/mol. The number of carbonyl (C=O) groups is 1. The van der Waals surface area contributed by atoms with E-state index in [-0.39, 0.29) is 5.97 Å². The first-order valence-electron chi connectivity index (χ1n) is 10.7. The SMILES string of the molecule is CCCCCN(CC)c1ccc(N=Nc2ccc(C(=O)OCCCC)cc2)cc1. The number of rotatable bonds is 12. The van der Waals surface area contributed by atoms with Gasteiger partial charge in [0.15, 0.2) is 0 Å². The van der Waals surface area contributed by atoms with Crippen molar-refractivity contribution in [2.45, 2.75) is 52.9 Å². The Morgan fingerprint density at radius 3 is 1.97 bits per heavy atom. The van der Waals surface area contributed by atoms with Crippen LogP contribution in [0.5, 0.6) is 0 Å². The summed E-state index contributed by atoms with van der Waals surface area (Å²) in [6, 6.07) is 15.2. The lowest BCUT2D eigenvalue weighted by molar-refractivity contribution is 0.0500. The number of esters is 1. The molecule has 5 heteroatoms. The topological polar surface area (TPSA) is 54.3 Å². The fourth-order valence-corrected chi connectivity index (χ4v) is 2.92. The zero-order valence-corrected chi connectivity index (χ0v) is 17.9. The third-order valence-corrected chi connectivity index (χ3v) is 4.74. The molecule has 0 aliphatic carbocycles. The number of anilines is 1. The van der Waals surface area contributed by atoms with Crippen molar-refractivity contribution in [1.29, 1.82) is 0 Å². The smallest absolute Gasteiger partial charge is 0.338 e. The van der Waals surface area contributed by atoms with Crippen molar-refractivity contribution in [3.63, 3.8) is 0 Å². The van der Waals surface area contributed by atoms with Crippen LogP contribution in [0.1, 0.15) is 63.2 Å². The minimum Gasteiger partial charge on any atom is -0.462 e. The van der Waals surface area contributed by atoms with E-state index in [1.807, 2.05) is 12.1 Å². The van der Waals surface area contributed by atoms with Crippen LogP contribution in [-0.4, -0.2) is 25.7 Å². The van der Waals surface area contributed by atoms with Crippen LogP contribution in [-0.2, 0) is 4.74 Å². The largest absolute Gasteiger partial charge is 0.462 e. The van der Waals surface area contributed by atoms with Gasteiger partial charge in [0.2, 0.25) is 0 Å². The Morgan fingerprint density at radius 2 is 1.41 bits per heavy atom. The van der Waals surface area contributed by atoms with E-state index in [1.54, 1.807) is 24.3 Å². The van der Waals surface area contributed by atoms with E-state index < -0.39 is 0 Å². The first-order chi connectivity index (χ1) is 14.2. The number of benzene rings is 2. The lowest BCUT2D eigenvalue weighted by Gasteiger charge is -2.23. The van der Waals surface area contributed by atoms with Gasteiger partial charge in [0, 0.05) is 18.8 Å². The summed E-state index contributed by atoms with van der Waals surface area (Å²) >= 11 is 0. The number of ether oxygens (including phenoxy) is 1. The number of hydrogen-bond acceptors (Lipinski definition) is 5. The molecular weight excluding hydrogens is 362 g/mol. The van der Waals surface area contributed by atoms with Gasteiger partial charge in [-0.25, -0.2) is 4.79 Å². The summed E-state index contributed by atoms with van der Waals surface area (Å²) in [6.07, 6.45) is 5.60. The van der Waals surface area contributed by atoms with Crippen molar-refractivity contribution < 1.29 is 9.53 Å². The van der Waals surface area contributed by atoms with Crippen molar-refractivity contribution in [1.82, 2.24) is 0 Å². The number of azo groups is 1. The Bertz CT molecular complexity index is 755. The van der Waals surface area contributed by atoms with Crippen molar-refractivity contribution >= 4 is 23.0 Å². The molecule has 0 heterocycles. The molecule has 0 unspecified atom stereocenters. The number of carbonyl (C=O) groups excluding carboxylic acids is 1. The standard InChI is InChI=1S/C24H33N3O2/c1-4-7-9-18-27(6-3)23-16-14-22(15-17-23)26-25-21-12-10-20(11-13-21)24(28)29-19-8-5-2/h10-17H,4-9,18-19H2,1-3H3. The molecule has 156 valence electrons. The molecule has 29 heavy (non-hydrogen) atoms. The summed E-state index contributed by atoms with van der Waals surface area (Å²) in [7, 11) is 0. The second kappa shape index (κ2) is 12.7. The van der Waals surface area contributed by atoms with E-state index in [4.69, 9.17) is 4.74 Å². The van der Waals surface area contributed by atoms with Gasteiger partial charge in [-0.2, -0.15) is 10.2 Å². The summed E-state index contributed by atoms with van der Waals surface area (Å²) in [6.45, 7) is 9.01. The van der Waals surface area contributed by atoms with E-state index >= 15 is 0 Å². The van der Waals surface area contributed by atoms with E-state index in [0.29, 0.717) is 17.9 Å². The molecule has 0 saturated carbocycles. The Kier molecular flexibility index (Phi) is 9.90. The summed E-state index contributed by atoms with van der Waals surface area (Å²) in [5.41, 5.74) is 3.26. The average Bonchev–Trinajstić information content (AvgIpc) is 2.76. The molecular formula is C24H33N3O2. The van der Waals surface area contributed by atoms with Gasteiger partial charge in [0.05, 0.1) is 23.5 Å². The van der Waals surface area contributed by atoms with Crippen molar-refractivity contribution in [3.05, 3.63) is 54.1 Å². The maximum Gasteiger partial charge on any atom is 0.338 e. The van der Waals surface area contributed by atoms with E-state index in [2.05, 4.69) is 48.0 Å². The molecule has 0 atom stereocenters. The van der Waals surface area contributed by atoms with Crippen LogP contribution in [0.15, 0.2) is 58.8 Å². The fourth-order valence-electron chi connectivity index (χ4n) is 2.92. The molecule has 0 N–H and O–H groups in total. The van der Waals surface area contributed by atoms with Crippen LogP contribution >= 0.6 is 0 Å². The van der Waals surface area contributed by atoms with Crippen LogP contribution in [0.3, 0.4) is 0 Å². The average molecular weight is 396 g/mol. The third-order valence-electron chi connectivity index (χ3n) is 4.74. The molecule has 0 aromatic heterocycles. The summed E-state index contributed by atoms with van der Waals surface area (Å²) in [5.74, 6) is -0.294. The first-order valence-corrected chi connectivity index (χ1v) is 10.7. The fraction of sp³-hybridized carbons (Fsp3) is 0.458. The second-order valence-corrected chi connectivity index (χ2v) is 7.04. The minimum atomic E-state index is -0.294. The lowest BCUT2D eigenvalue weighted by atomic mass is 10.2. The molecule has 0 bridgehead atoms. The lowest BCUT2D eigenvalue weighted by Crippen LogP contribution is -2.23. The van der Waals surface area contributed by atoms with Crippen LogP contribution < -0.4 is 4.90 Å². The number of unbranched alkanes of at least 4 members (excludes halogenated alkanes) is 3. The molecule has 2 aromatic carbocycles. The van der Waals surface area contributed by atoms with Gasteiger partial charge in [0.25, 0.3) is 0 Å². The Morgan fingerprint density at radius 1 is 0.828 bits per heavy atom. The normalized spacial score (nSPS) is 11.0. The van der Waals surface area contributed by atoms with Crippen LogP contribution in [0.25, 0.3) is 0 Å². The predicted molar refractivity (Wildman–Crippen MR) is 120 cm³/mol. The highest BCUT2D eigenvalue weighted by Crippen LogP contribution is 2.23. The highest BCUT2D eigenvalue weighted by atomic mass is 16.5. The molecule has 0 radical (unpaired) electrons. The van der Waals surface area contributed by atoms with Gasteiger partial charge in [-0.05, 0) is 68.3 Å². The van der Waals surface area contributed by atoms with Gasteiger partial charge >= 0.3 is 5.97 Å².